The third-order valence-corrected chi connectivity index (χ3v) is 1.97. The van der Waals surface area contributed by atoms with Crippen molar-refractivity contribution < 1.29 is 9.53 Å². The van der Waals surface area contributed by atoms with Gasteiger partial charge in [0.05, 0.1) is 18.5 Å². The molecule has 1 aromatic heterocycles. The van der Waals surface area contributed by atoms with Crippen LogP contribution in [0.4, 0.5) is 10.5 Å². The number of pyridine rings is 1. The van der Waals surface area contributed by atoms with Crippen molar-refractivity contribution in [2.24, 2.45) is 0 Å². The van der Waals surface area contributed by atoms with E-state index in [1.165, 1.54) is 0 Å². The second-order valence-corrected chi connectivity index (χ2v) is 3.29. The lowest BCUT2D eigenvalue weighted by Gasteiger charge is -2.06. The summed E-state index contributed by atoms with van der Waals surface area (Å²) in [6, 6.07) is 3.23. The van der Waals surface area contributed by atoms with Gasteiger partial charge < -0.3 is 15.4 Å². The van der Waals surface area contributed by atoms with E-state index < -0.39 is 0 Å². The maximum absolute atomic E-state index is 11.0. The highest BCUT2D eigenvalue weighted by molar-refractivity contribution is 5.88. The Bertz CT molecular complexity index is 325. The number of nitrogens with one attached hydrogen (secondary N) is 2. The fourth-order valence-electron chi connectivity index (χ4n) is 1.05. The Labute approximate surface area is 95.2 Å². The first-order chi connectivity index (χ1) is 7.76. The van der Waals surface area contributed by atoms with E-state index >= 15 is 0 Å². The van der Waals surface area contributed by atoms with Crippen LogP contribution in [0.1, 0.15) is 19.8 Å². The molecule has 0 aliphatic rings. The van der Waals surface area contributed by atoms with Gasteiger partial charge in [0.25, 0.3) is 0 Å². The van der Waals surface area contributed by atoms with Crippen molar-refractivity contribution in [2.75, 3.05) is 19.0 Å². The predicted molar refractivity (Wildman–Crippen MR) is 62.7 cm³/mol. The van der Waals surface area contributed by atoms with E-state index in [9.17, 15) is 4.79 Å². The van der Waals surface area contributed by atoms with Crippen LogP contribution in [0, 0.1) is 0 Å². The van der Waals surface area contributed by atoms with Gasteiger partial charge in [0.15, 0.2) is 0 Å². The summed E-state index contributed by atoms with van der Waals surface area (Å²) in [4.78, 5) is 15.1. The molecule has 0 aliphatic carbocycles. The summed E-state index contributed by atoms with van der Waals surface area (Å²) in [5.41, 5.74) is 0.641. The molecule has 0 saturated carbocycles. The zero-order valence-electron chi connectivity index (χ0n) is 9.62. The average Bonchev–Trinajstić information content (AvgIpc) is 2.31. The monoisotopic (exact) mass is 223 g/mol. The summed E-state index contributed by atoms with van der Waals surface area (Å²) < 4.78 is 5.39. The average molecular weight is 223 g/mol. The van der Waals surface area contributed by atoms with Gasteiger partial charge in [0.1, 0.15) is 0 Å². The standard InChI is InChI=1S/C11H17N3O2/c1-3-4-7-16-10-6-5-9(8-13-10)14-11(15)12-2/h5-6,8H,3-4,7H2,1-2H3,(H2,12,14,15). The molecule has 0 unspecified atom stereocenters. The fourth-order valence-corrected chi connectivity index (χ4v) is 1.05. The molecule has 0 atom stereocenters. The number of unbranched alkanes of at least 4 members (excludes halogenated alkanes) is 1. The van der Waals surface area contributed by atoms with E-state index in [0.29, 0.717) is 18.2 Å². The van der Waals surface area contributed by atoms with Crippen LogP contribution in [0.2, 0.25) is 0 Å². The molecule has 0 spiro atoms. The Kier molecular flexibility index (Phi) is 5.11. The number of hydrogen-bond acceptors (Lipinski definition) is 3. The minimum absolute atomic E-state index is 0.263. The van der Waals surface area contributed by atoms with Crippen LogP contribution in [-0.2, 0) is 0 Å². The Hall–Kier alpha value is -1.78. The number of amides is 2. The first-order valence-corrected chi connectivity index (χ1v) is 5.34. The minimum Gasteiger partial charge on any atom is -0.478 e. The SMILES string of the molecule is CCCCOc1ccc(NC(=O)NC)cn1. The summed E-state index contributed by atoms with van der Waals surface area (Å²) in [6.07, 6.45) is 3.67. The molecular weight excluding hydrogens is 206 g/mol. The molecule has 0 aromatic carbocycles. The zero-order chi connectivity index (χ0) is 11.8. The Balaban J connectivity index is 2.44. The second kappa shape index (κ2) is 6.66. The lowest BCUT2D eigenvalue weighted by molar-refractivity contribution is 0.254. The first kappa shape index (κ1) is 12.3. The summed E-state index contributed by atoms with van der Waals surface area (Å²) >= 11 is 0. The highest BCUT2D eigenvalue weighted by Gasteiger charge is 1.99. The van der Waals surface area contributed by atoms with E-state index in [2.05, 4.69) is 22.5 Å². The highest BCUT2D eigenvalue weighted by Crippen LogP contribution is 2.11. The van der Waals surface area contributed by atoms with Crippen molar-refractivity contribution in [3.8, 4) is 5.88 Å². The summed E-state index contributed by atoms with van der Waals surface area (Å²) in [5.74, 6) is 0.580. The number of urea groups is 1. The molecule has 2 amide bonds. The molecular formula is C11H17N3O2. The highest BCUT2D eigenvalue weighted by atomic mass is 16.5. The number of nitrogens with zero attached hydrogens (tertiary/aromatic N) is 1. The van der Waals surface area contributed by atoms with Crippen LogP contribution in [0.3, 0.4) is 0 Å². The first-order valence-electron chi connectivity index (χ1n) is 5.34. The summed E-state index contributed by atoms with van der Waals surface area (Å²) in [6.45, 7) is 2.78. The van der Waals surface area contributed by atoms with Crippen LogP contribution in [0.15, 0.2) is 18.3 Å². The van der Waals surface area contributed by atoms with Crippen LogP contribution in [-0.4, -0.2) is 24.7 Å². The van der Waals surface area contributed by atoms with Gasteiger partial charge in [0, 0.05) is 13.1 Å². The van der Waals surface area contributed by atoms with Gasteiger partial charge in [-0.3, -0.25) is 0 Å². The minimum atomic E-state index is -0.263. The van der Waals surface area contributed by atoms with Crippen molar-refractivity contribution in [1.29, 1.82) is 0 Å². The second-order valence-electron chi connectivity index (χ2n) is 3.29. The zero-order valence-corrected chi connectivity index (χ0v) is 9.62. The fraction of sp³-hybridized carbons (Fsp3) is 0.455. The van der Waals surface area contributed by atoms with Crippen LogP contribution in [0.5, 0.6) is 5.88 Å². The Morgan fingerprint density at radius 3 is 2.88 bits per heavy atom. The van der Waals surface area contributed by atoms with E-state index in [0.717, 1.165) is 12.8 Å². The largest absolute Gasteiger partial charge is 0.478 e. The molecule has 5 heteroatoms. The van der Waals surface area contributed by atoms with Gasteiger partial charge in [0.2, 0.25) is 5.88 Å². The number of carbonyl (C=O) groups excluding carboxylic acids is 1. The molecule has 16 heavy (non-hydrogen) atoms. The van der Waals surface area contributed by atoms with Crippen molar-refractivity contribution >= 4 is 11.7 Å². The molecule has 1 rings (SSSR count). The van der Waals surface area contributed by atoms with E-state index in [1.54, 1.807) is 25.4 Å². The maximum atomic E-state index is 11.0. The van der Waals surface area contributed by atoms with Gasteiger partial charge in [-0.1, -0.05) is 13.3 Å². The lowest BCUT2D eigenvalue weighted by Crippen LogP contribution is -2.24. The number of ether oxygens (including phenoxy) is 1. The van der Waals surface area contributed by atoms with Gasteiger partial charge in [-0.05, 0) is 12.5 Å². The molecule has 0 radical (unpaired) electrons. The van der Waals surface area contributed by atoms with Crippen LogP contribution in [0.25, 0.3) is 0 Å². The van der Waals surface area contributed by atoms with Crippen LogP contribution < -0.4 is 15.4 Å². The van der Waals surface area contributed by atoms with Gasteiger partial charge >= 0.3 is 6.03 Å². The molecule has 0 saturated heterocycles. The third kappa shape index (κ3) is 4.16. The number of carbonyl (C=O) groups is 1. The van der Waals surface area contributed by atoms with Gasteiger partial charge in [-0.15, -0.1) is 0 Å². The van der Waals surface area contributed by atoms with Crippen molar-refractivity contribution in [3.05, 3.63) is 18.3 Å². The lowest BCUT2D eigenvalue weighted by atomic mass is 10.4. The molecule has 0 aliphatic heterocycles. The molecule has 1 aromatic rings. The Morgan fingerprint density at radius 1 is 1.50 bits per heavy atom. The molecule has 5 nitrogen and oxygen atoms in total. The summed E-state index contributed by atoms with van der Waals surface area (Å²) in [5, 5.41) is 5.08. The number of anilines is 1. The molecule has 0 bridgehead atoms. The molecule has 88 valence electrons. The van der Waals surface area contributed by atoms with E-state index in [1.807, 2.05) is 0 Å². The topological polar surface area (TPSA) is 63.2 Å². The smallest absolute Gasteiger partial charge is 0.319 e. The predicted octanol–water partition coefficient (Wildman–Crippen LogP) is 2.01. The number of hydrogen-bond donors (Lipinski definition) is 2. The van der Waals surface area contributed by atoms with E-state index in [-0.39, 0.29) is 6.03 Å². The quantitative estimate of drug-likeness (QED) is 0.750. The van der Waals surface area contributed by atoms with Crippen molar-refractivity contribution in [2.45, 2.75) is 19.8 Å². The number of rotatable bonds is 5. The molecule has 0 fully saturated rings. The van der Waals surface area contributed by atoms with Gasteiger partial charge in [-0.2, -0.15) is 0 Å². The van der Waals surface area contributed by atoms with E-state index in [4.69, 9.17) is 4.74 Å². The van der Waals surface area contributed by atoms with Crippen molar-refractivity contribution in [3.63, 3.8) is 0 Å². The molecule has 1 heterocycles. The maximum Gasteiger partial charge on any atom is 0.319 e. The third-order valence-electron chi connectivity index (χ3n) is 1.97. The number of aromatic nitrogens is 1. The normalized spacial score (nSPS) is 9.62. The molecule has 2 N–H and O–H groups in total. The van der Waals surface area contributed by atoms with Gasteiger partial charge in [-0.25, -0.2) is 9.78 Å². The van der Waals surface area contributed by atoms with Crippen molar-refractivity contribution in [1.82, 2.24) is 10.3 Å². The van der Waals surface area contributed by atoms with Crippen LogP contribution >= 0.6 is 0 Å². The summed E-state index contributed by atoms with van der Waals surface area (Å²) in [7, 11) is 1.56. The Morgan fingerprint density at radius 2 is 2.31 bits per heavy atom.